The molecule has 0 spiro atoms. The zero-order valence-electron chi connectivity index (χ0n) is 7.79. The number of nitrogens with zero attached hydrogens (tertiary/aromatic N) is 2. The summed E-state index contributed by atoms with van der Waals surface area (Å²) >= 11 is 0.922. The Hall–Kier alpha value is -1.54. The van der Waals surface area contributed by atoms with Gasteiger partial charge in [0.05, 0.1) is 4.90 Å². The van der Waals surface area contributed by atoms with Crippen molar-refractivity contribution < 1.29 is 12.8 Å². The minimum Gasteiger partial charge on any atom is -0.253 e. The summed E-state index contributed by atoms with van der Waals surface area (Å²) in [4.78, 5) is 3.66. The molecule has 0 aliphatic heterocycles. The van der Waals surface area contributed by atoms with Crippen LogP contribution in [0.2, 0.25) is 0 Å². The van der Waals surface area contributed by atoms with E-state index in [1.807, 2.05) is 0 Å². The van der Waals surface area contributed by atoms with Crippen molar-refractivity contribution in [3.05, 3.63) is 36.4 Å². The summed E-state index contributed by atoms with van der Waals surface area (Å²) < 4.78 is 41.9. The minimum atomic E-state index is -3.71. The van der Waals surface area contributed by atoms with Crippen molar-refractivity contribution >= 4 is 26.7 Å². The number of nitrogens with one attached hydrogen (secondary N) is 1. The Kier molecular flexibility index (Phi) is 2.84. The average molecular weight is 259 g/mol. The van der Waals surface area contributed by atoms with E-state index in [-0.39, 0.29) is 10.0 Å². The molecule has 0 bridgehead atoms. The van der Waals surface area contributed by atoms with Gasteiger partial charge < -0.3 is 0 Å². The average Bonchev–Trinajstić information content (AvgIpc) is 2.70. The van der Waals surface area contributed by atoms with Gasteiger partial charge in [-0.1, -0.05) is 0 Å². The lowest BCUT2D eigenvalue weighted by atomic mass is 10.4. The van der Waals surface area contributed by atoms with Crippen LogP contribution >= 0.6 is 11.5 Å². The van der Waals surface area contributed by atoms with Crippen LogP contribution in [-0.4, -0.2) is 17.8 Å². The number of hydrogen-bond acceptors (Lipinski definition) is 5. The molecule has 2 rings (SSSR count). The summed E-state index contributed by atoms with van der Waals surface area (Å²) in [6, 6.07) is 4.51. The molecular weight excluding hydrogens is 253 g/mol. The van der Waals surface area contributed by atoms with Crippen LogP contribution in [0.3, 0.4) is 0 Å². The number of sulfonamides is 1. The number of hydrogen-bond donors (Lipinski definition) is 1. The van der Waals surface area contributed by atoms with Gasteiger partial charge in [-0.15, -0.1) is 0 Å². The molecule has 0 aliphatic rings. The number of anilines is 1. The van der Waals surface area contributed by atoms with Gasteiger partial charge in [0.25, 0.3) is 10.0 Å². The molecule has 0 aliphatic carbocycles. The zero-order chi connectivity index (χ0) is 11.6. The molecule has 0 saturated carbocycles. The van der Waals surface area contributed by atoms with E-state index in [1.165, 1.54) is 18.5 Å². The van der Waals surface area contributed by atoms with Gasteiger partial charge in [0.15, 0.2) is 0 Å². The van der Waals surface area contributed by atoms with E-state index in [4.69, 9.17) is 0 Å². The van der Waals surface area contributed by atoms with Gasteiger partial charge in [-0.05, 0) is 24.3 Å². The number of benzene rings is 1. The maximum Gasteiger partial charge on any atom is 0.263 e. The van der Waals surface area contributed by atoms with Gasteiger partial charge >= 0.3 is 0 Å². The molecule has 16 heavy (non-hydrogen) atoms. The third kappa shape index (κ3) is 2.34. The van der Waals surface area contributed by atoms with Crippen molar-refractivity contribution in [2.45, 2.75) is 4.90 Å². The quantitative estimate of drug-likeness (QED) is 0.906. The number of aromatic nitrogens is 2. The fourth-order valence-electron chi connectivity index (χ4n) is 1.01. The topological polar surface area (TPSA) is 72.0 Å². The fraction of sp³-hybridized carbons (Fsp3) is 0. The van der Waals surface area contributed by atoms with E-state index in [1.54, 1.807) is 0 Å². The van der Waals surface area contributed by atoms with Crippen LogP contribution < -0.4 is 4.72 Å². The maximum absolute atomic E-state index is 12.6. The number of rotatable bonds is 3. The molecule has 1 heterocycles. The molecular formula is C8H6FN3O2S2. The van der Waals surface area contributed by atoms with Crippen molar-refractivity contribution in [2.75, 3.05) is 4.72 Å². The highest BCUT2D eigenvalue weighted by atomic mass is 32.2. The standard InChI is InChI=1S/C8H6FN3O2S2/c9-6-1-3-7(4-2-6)16(13,14)12-8-10-5-11-15-8/h1-5H,(H,10,11,12). The molecule has 0 amide bonds. The van der Waals surface area contributed by atoms with Crippen molar-refractivity contribution in [2.24, 2.45) is 0 Å². The first kappa shape index (κ1) is 11.0. The SMILES string of the molecule is O=S(=O)(Nc1ncns1)c1ccc(F)cc1. The van der Waals surface area contributed by atoms with E-state index in [0.29, 0.717) is 0 Å². The number of halogens is 1. The highest BCUT2D eigenvalue weighted by Crippen LogP contribution is 2.16. The molecule has 8 heteroatoms. The lowest BCUT2D eigenvalue weighted by Gasteiger charge is -2.03. The van der Waals surface area contributed by atoms with Gasteiger partial charge in [-0.25, -0.2) is 17.8 Å². The Morgan fingerprint density at radius 1 is 1.25 bits per heavy atom. The smallest absolute Gasteiger partial charge is 0.253 e. The summed E-state index contributed by atoms with van der Waals surface area (Å²) in [7, 11) is -3.71. The Labute approximate surface area is 95.2 Å². The van der Waals surface area contributed by atoms with Crippen molar-refractivity contribution in [1.29, 1.82) is 0 Å². The van der Waals surface area contributed by atoms with E-state index in [2.05, 4.69) is 14.1 Å². The molecule has 84 valence electrons. The summed E-state index contributed by atoms with van der Waals surface area (Å²) in [5, 5.41) is 0.171. The van der Waals surface area contributed by atoms with Crippen LogP contribution in [0, 0.1) is 5.82 Å². The van der Waals surface area contributed by atoms with Gasteiger partial charge in [0.1, 0.15) is 12.1 Å². The molecule has 0 atom stereocenters. The lowest BCUT2D eigenvalue weighted by molar-refractivity contribution is 0.599. The normalized spacial score (nSPS) is 11.3. The molecule has 1 N–H and O–H groups in total. The second-order valence-corrected chi connectivity index (χ2v) is 5.27. The second-order valence-electron chi connectivity index (χ2n) is 2.81. The maximum atomic E-state index is 12.6. The molecule has 2 aromatic rings. The minimum absolute atomic E-state index is 0.0240. The second kappa shape index (κ2) is 4.14. The van der Waals surface area contributed by atoms with Crippen LogP contribution in [0.25, 0.3) is 0 Å². The molecule has 5 nitrogen and oxygen atoms in total. The molecule has 0 unspecified atom stereocenters. The Morgan fingerprint density at radius 2 is 1.94 bits per heavy atom. The van der Waals surface area contributed by atoms with E-state index in [0.717, 1.165) is 23.7 Å². The molecule has 1 aromatic carbocycles. The van der Waals surface area contributed by atoms with Crippen molar-refractivity contribution in [3.8, 4) is 0 Å². The molecule has 0 fully saturated rings. The third-order valence-electron chi connectivity index (χ3n) is 1.71. The monoisotopic (exact) mass is 259 g/mol. The Bertz CT molecular complexity index is 566. The molecule has 1 aromatic heterocycles. The van der Waals surface area contributed by atoms with Gasteiger partial charge in [0, 0.05) is 11.5 Å². The van der Waals surface area contributed by atoms with Crippen LogP contribution in [0.15, 0.2) is 35.5 Å². The first-order valence-electron chi connectivity index (χ1n) is 4.13. The fourth-order valence-corrected chi connectivity index (χ4v) is 2.67. The summed E-state index contributed by atoms with van der Waals surface area (Å²) in [5.41, 5.74) is 0. The van der Waals surface area contributed by atoms with E-state index >= 15 is 0 Å². The van der Waals surface area contributed by atoms with Gasteiger partial charge in [-0.2, -0.15) is 4.37 Å². The van der Waals surface area contributed by atoms with E-state index in [9.17, 15) is 12.8 Å². The Morgan fingerprint density at radius 3 is 2.50 bits per heavy atom. The predicted molar refractivity (Wildman–Crippen MR) is 57.1 cm³/mol. The van der Waals surface area contributed by atoms with E-state index < -0.39 is 15.8 Å². The van der Waals surface area contributed by atoms with Crippen LogP contribution in [0.1, 0.15) is 0 Å². The van der Waals surface area contributed by atoms with Crippen LogP contribution in [-0.2, 0) is 10.0 Å². The summed E-state index contributed by atoms with van der Waals surface area (Å²) in [5.74, 6) is -0.491. The highest BCUT2D eigenvalue weighted by molar-refractivity contribution is 7.93. The zero-order valence-corrected chi connectivity index (χ0v) is 9.43. The van der Waals surface area contributed by atoms with Gasteiger partial charge in [-0.3, -0.25) is 4.72 Å². The third-order valence-corrected chi connectivity index (χ3v) is 3.77. The van der Waals surface area contributed by atoms with Crippen molar-refractivity contribution in [3.63, 3.8) is 0 Å². The van der Waals surface area contributed by atoms with Gasteiger partial charge in [0.2, 0.25) is 5.13 Å². The summed E-state index contributed by atoms with van der Waals surface area (Å²) in [6.45, 7) is 0. The largest absolute Gasteiger partial charge is 0.263 e. The molecule has 0 saturated heterocycles. The Balaban J connectivity index is 2.29. The van der Waals surface area contributed by atoms with Crippen LogP contribution in [0.5, 0.6) is 0 Å². The lowest BCUT2D eigenvalue weighted by Crippen LogP contribution is -2.12. The van der Waals surface area contributed by atoms with Crippen LogP contribution in [0.4, 0.5) is 9.52 Å². The highest BCUT2D eigenvalue weighted by Gasteiger charge is 2.15. The first-order chi connectivity index (χ1) is 7.58. The first-order valence-corrected chi connectivity index (χ1v) is 6.39. The summed E-state index contributed by atoms with van der Waals surface area (Å²) in [6.07, 6.45) is 1.24. The molecule has 0 radical (unpaired) electrons. The predicted octanol–water partition coefficient (Wildman–Crippen LogP) is 1.48. The van der Waals surface area contributed by atoms with Crippen molar-refractivity contribution in [1.82, 2.24) is 9.36 Å².